The van der Waals surface area contributed by atoms with Gasteiger partial charge in [0.25, 0.3) is 0 Å². The lowest BCUT2D eigenvalue weighted by Gasteiger charge is -2.61. The summed E-state index contributed by atoms with van der Waals surface area (Å²) in [6.45, 7) is 1.02. The van der Waals surface area contributed by atoms with Gasteiger partial charge in [-0.3, -0.25) is 0 Å². The number of hydrogen-bond acceptors (Lipinski definition) is 3. The minimum Gasteiger partial charge on any atom is -0.497 e. The van der Waals surface area contributed by atoms with E-state index in [-0.39, 0.29) is 11.5 Å². The van der Waals surface area contributed by atoms with E-state index < -0.39 is 5.60 Å². The quantitative estimate of drug-likeness (QED) is 0.824. The standard InChI is InChI=1S/C17H23NO2/c1-20-13-5-4-12-10-15-17(19)7-3-2-6-16(17,8-9-18-15)14(12)11-13/h4-5,11,15,18-19H,2-3,6-10H2,1H3/t15-,16-,17+/m0/s1. The second-order valence-electron chi connectivity index (χ2n) is 6.70. The molecule has 3 aliphatic rings. The smallest absolute Gasteiger partial charge is 0.119 e. The molecule has 0 unspecified atom stereocenters. The van der Waals surface area contributed by atoms with Crippen molar-refractivity contribution in [2.45, 2.75) is 55.6 Å². The Kier molecular flexibility index (Phi) is 2.67. The Bertz CT molecular complexity index is 540. The molecule has 1 aromatic rings. The van der Waals surface area contributed by atoms with Crippen molar-refractivity contribution in [3.8, 4) is 5.75 Å². The average Bonchev–Trinajstić information content (AvgIpc) is 2.46. The Morgan fingerprint density at radius 1 is 1.25 bits per heavy atom. The van der Waals surface area contributed by atoms with Crippen LogP contribution in [0.1, 0.15) is 43.2 Å². The lowest BCUT2D eigenvalue weighted by atomic mass is 9.50. The van der Waals surface area contributed by atoms with E-state index in [4.69, 9.17) is 4.74 Å². The Morgan fingerprint density at radius 3 is 2.95 bits per heavy atom. The van der Waals surface area contributed by atoms with Gasteiger partial charge in [0.1, 0.15) is 5.75 Å². The van der Waals surface area contributed by atoms with Crippen molar-refractivity contribution in [2.75, 3.05) is 13.7 Å². The van der Waals surface area contributed by atoms with E-state index >= 15 is 0 Å². The third-order valence-corrected chi connectivity index (χ3v) is 6.02. The van der Waals surface area contributed by atoms with Crippen molar-refractivity contribution in [1.82, 2.24) is 5.32 Å². The first kappa shape index (κ1) is 12.7. The van der Waals surface area contributed by atoms with E-state index in [1.165, 1.54) is 17.5 Å². The molecule has 2 aliphatic carbocycles. The molecule has 0 aromatic heterocycles. The van der Waals surface area contributed by atoms with E-state index in [0.29, 0.717) is 0 Å². The molecule has 4 rings (SSSR count). The van der Waals surface area contributed by atoms with Crippen LogP contribution in [0.25, 0.3) is 0 Å². The fourth-order valence-corrected chi connectivity index (χ4v) is 5.02. The molecule has 1 aromatic carbocycles. The summed E-state index contributed by atoms with van der Waals surface area (Å²) >= 11 is 0. The molecule has 0 amide bonds. The molecular formula is C17H23NO2. The highest BCUT2D eigenvalue weighted by molar-refractivity contribution is 5.48. The van der Waals surface area contributed by atoms with Gasteiger partial charge in [0.05, 0.1) is 12.7 Å². The van der Waals surface area contributed by atoms with Crippen molar-refractivity contribution in [1.29, 1.82) is 0 Å². The maximum Gasteiger partial charge on any atom is 0.119 e. The fourth-order valence-electron chi connectivity index (χ4n) is 5.02. The van der Waals surface area contributed by atoms with Crippen LogP contribution < -0.4 is 10.1 Å². The zero-order valence-electron chi connectivity index (χ0n) is 12.1. The second kappa shape index (κ2) is 4.22. The molecule has 108 valence electrons. The van der Waals surface area contributed by atoms with Crippen LogP contribution in [0.3, 0.4) is 0 Å². The zero-order valence-corrected chi connectivity index (χ0v) is 12.1. The van der Waals surface area contributed by atoms with Gasteiger partial charge in [-0.25, -0.2) is 0 Å². The Hall–Kier alpha value is -1.06. The number of fused-ring (bicyclic) bond motifs is 1. The van der Waals surface area contributed by atoms with Crippen LogP contribution in [0, 0.1) is 0 Å². The predicted octanol–water partition coefficient (Wildman–Crippen LogP) is 2.16. The molecule has 0 radical (unpaired) electrons. The third-order valence-electron chi connectivity index (χ3n) is 6.02. The van der Waals surface area contributed by atoms with E-state index in [9.17, 15) is 5.11 Å². The summed E-state index contributed by atoms with van der Waals surface area (Å²) in [7, 11) is 1.72. The molecule has 2 N–H and O–H groups in total. The molecule has 0 spiro atoms. The van der Waals surface area contributed by atoms with Gasteiger partial charge in [-0.05, 0) is 55.5 Å². The molecule has 20 heavy (non-hydrogen) atoms. The molecule has 1 saturated heterocycles. The van der Waals surface area contributed by atoms with Crippen molar-refractivity contribution >= 4 is 0 Å². The largest absolute Gasteiger partial charge is 0.497 e. The molecule has 1 saturated carbocycles. The normalized spacial score (nSPS) is 38.8. The summed E-state index contributed by atoms with van der Waals surface area (Å²) in [5.41, 5.74) is 2.14. The van der Waals surface area contributed by atoms with Crippen LogP contribution >= 0.6 is 0 Å². The van der Waals surface area contributed by atoms with Gasteiger partial charge in [0, 0.05) is 11.5 Å². The first-order valence-corrected chi connectivity index (χ1v) is 7.83. The van der Waals surface area contributed by atoms with Crippen molar-refractivity contribution in [2.24, 2.45) is 0 Å². The number of aliphatic hydroxyl groups is 1. The van der Waals surface area contributed by atoms with E-state index in [2.05, 4.69) is 23.5 Å². The average molecular weight is 273 g/mol. The predicted molar refractivity (Wildman–Crippen MR) is 78.2 cm³/mol. The monoisotopic (exact) mass is 273 g/mol. The third kappa shape index (κ3) is 1.43. The van der Waals surface area contributed by atoms with Gasteiger partial charge in [0.15, 0.2) is 0 Å². The molecule has 1 heterocycles. The number of benzene rings is 1. The lowest BCUT2D eigenvalue weighted by Crippen LogP contribution is -2.71. The zero-order chi connectivity index (χ0) is 13.8. The maximum absolute atomic E-state index is 11.5. The van der Waals surface area contributed by atoms with Gasteiger partial charge in [0.2, 0.25) is 0 Å². The lowest BCUT2D eigenvalue weighted by molar-refractivity contribution is -0.124. The van der Waals surface area contributed by atoms with Crippen LogP contribution in [0.15, 0.2) is 18.2 Å². The van der Waals surface area contributed by atoms with E-state index in [0.717, 1.165) is 44.4 Å². The van der Waals surface area contributed by atoms with Crippen molar-refractivity contribution < 1.29 is 9.84 Å². The summed E-state index contributed by atoms with van der Waals surface area (Å²) in [4.78, 5) is 0. The van der Waals surface area contributed by atoms with Crippen molar-refractivity contribution in [3.05, 3.63) is 29.3 Å². The highest BCUT2D eigenvalue weighted by Crippen LogP contribution is 2.56. The van der Waals surface area contributed by atoms with E-state index in [1.807, 2.05) is 0 Å². The van der Waals surface area contributed by atoms with Crippen LogP contribution in [-0.4, -0.2) is 30.4 Å². The first-order chi connectivity index (χ1) is 9.69. The van der Waals surface area contributed by atoms with Gasteiger partial charge in [-0.2, -0.15) is 0 Å². The Morgan fingerprint density at radius 2 is 2.10 bits per heavy atom. The van der Waals surface area contributed by atoms with Crippen molar-refractivity contribution in [3.63, 3.8) is 0 Å². The second-order valence-corrected chi connectivity index (χ2v) is 6.70. The number of methoxy groups -OCH3 is 1. The number of rotatable bonds is 1. The summed E-state index contributed by atoms with van der Waals surface area (Å²) < 4.78 is 5.43. The highest BCUT2D eigenvalue weighted by Gasteiger charge is 2.61. The number of piperidine rings is 1. The Labute approximate surface area is 120 Å². The molecule has 2 bridgehead atoms. The highest BCUT2D eigenvalue weighted by atomic mass is 16.5. The number of nitrogens with one attached hydrogen (secondary N) is 1. The van der Waals surface area contributed by atoms with Crippen LogP contribution in [0.2, 0.25) is 0 Å². The SMILES string of the molecule is COc1ccc2c(c1)[C@@]13CCCC[C@@]1(O)[C@H](C2)NCC3. The summed E-state index contributed by atoms with van der Waals surface area (Å²) in [6.07, 6.45) is 6.41. The van der Waals surface area contributed by atoms with Crippen LogP contribution in [0.5, 0.6) is 5.75 Å². The molecule has 3 nitrogen and oxygen atoms in total. The van der Waals surface area contributed by atoms with E-state index in [1.54, 1.807) is 7.11 Å². The molecule has 2 fully saturated rings. The Balaban J connectivity index is 1.93. The summed E-state index contributed by atoms with van der Waals surface area (Å²) in [6, 6.07) is 6.66. The summed E-state index contributed by atoms with van der Waals surface area (Å²) in [5, 5.41) is 15.0. The van der Waals surface area contributed by atoms with Gasteiger partial charge >= 0.3 is 0 Å². The minimum absolute atomic E-state index is 0.0523. The fraction of sp³-hybridized carbons (Fsp3) is 0.647. The maximum atomic E-state index is 11.5. The van der Waals surface area contributed by atoms with Crippen LogP contribution in [-0.2, 0) is 11.8 Å². The van der Waals surface area contributed by atoms with Crippen LogP contribution in [0.4, 0.5) is 0 Å². The van der Waals surface area contributed by atoms with Gasteiger partial charge in [-0.15, -0.1) is 0 Å². The number of hydrogen-bond donors (Lipinski definition) is 2. The first-order valence-electron chi connectivity index (χ1n) is 7.83. The topological polar surface area (TPSA) is 41.5 Å². The summed E-state index contributed by atoms with van der Waals surface area (Å²) in [5.74, 6) is 0.919. The minimum atomic E-state index is -0.567. The molecule has 3 heteroatoms. The molecule has 1 aliphatic heterocycles. The molecular weight excluding hydrogens is 250 g/mol. The van der Waals surface area contributed by atoms with Gasteiger partial charge < -0.3 is 15.2 Å². The number of ether oxygens (including phenoxy) is 1. The molecule has 3 atom stereocenters. The van der Waals surface area contributed by atoms with Gasteiger partial charge in [-0.1, -0.05) is 18.9 Å².